The van der Waals surface area contributed by atoms with Crippen LogP contribution in [0.2, 0.25) is 0 Å². The van der Waals surface area contributed by atoms with Gasteiger partial charge in [-0.3, -0.25) is 0 Å². The normalized spacial score (nSPS) is 13.8. The molecule has 3 aromatic carbocycles. The van der Waals surface area contributed by atoms with E-state index in [9.17, 15) is 39.5 Å². The summed E-state index contributed by atoms with van der Waals surface area (Å²) in [5.41, 5.74) is -0.643. The van der Waals surface area contributed by atoms with Crippen LogP contribution in [-0.2, 0) is 0 Å². The fourth-order valence-corrected chi connectivity index (χ4v) is 3.78. The molecule has 11 heteroatoms. The van der Waals surface area contributed by atoms with Gasteiger partial charge in [0.05, 0.1) is 5.69 Å². The molecule has 0 bridgehead atoms. The molecular weight excluding hydrogens is 501 g/mol. The van der Waals surface area contributed by atoms with Crippen molar-refractivity contribution < 1.29 is 44.3 Å². The molecule has 36 heavy (non-hydrogen) atoms. The topological polar surface area (TPSA) is 21.3 Å². The third-order valence-corrected chi connectivity index (χ3v) is 5.34. The molecule has 0 aliphatic carbocycles. The van der Waals surface area contributed by atoms with Crippen LogP contribution in [-0.4, -0.2) is 18.9 Å². The van der Waals surface area contributed by atoms with Gasteiger partial charge in [-0.25, -0.2) is 13.2 Å². The van der Waals surface area contributed by atoms with Crippen molar-refractivity contribution >= 4 is 17.3 Å². The van der Waals surface area contributed by atoms with Crippen molar-refractivity contribution in [1.82, 2.24) is 0 Å². The molecule has 1 aliphatic heterocycles. The first-order valence-corrected chi connectivity index (χ1v) is 10.5. The number of fused-ring (bicyclic) bond motifs is 2. The van der Waals surface area contributed by atoms with E-state index < -0.39 is 54.9 Å². The van der Waals surface area contributed by atoms with E-state index in [0.29, 0.717) is 0 Å². The van der Waals surface area contributed by atoms with Crippen LogP contribution in [0.5, 0.6) is 11.5 Å². The molecule has 1 aliphatic rings. The van der Waals surface area contributed by atoms with E-state index in [-0.39, 0.29) is 38.6 Å². The molecular formula is C25H16F9NO. The molecule has 1 N–H and O–H groups in total. The molecule has 0 saturated carbocycles. The predicted molar refractivity (Wildman–Crippen MR) is 114 cm³/mol. The van der Waals surface area contributed by atoms with Crippen molar-refractivity contribution in [1.29, 1.82) is 0 Å². The highest BCUT2D eigenvalue weighted by Crippen LogP contribution is 2.39. The van der Waals surface area contributed by atoms with Crippen molar-refractivity contribution in [3.63, 3.8) is 0 Å². The number of rotatable bonds is 5. The minimum absolute atomic E-state index is 0.00589. The second-order valence-electron chi connectivity index (χ2n) is 7.98. The van der Waals surface area contributed by atoms with Crippen LogP contribution in [0, 0.1) is 17.5 Å². The van der Waals surface area contributed by atoms with Crippen molar-refractivity contribution in [2.75, 3.05) is 11.9 Å². The Hall–Kier alpha value is -3.63. The van der Waals surface area contributed by atoms with Crippen LogP contribution in [0.15, 0.2) is 48.5 Å². The minimum atomic E-state index is -4.64. The number of benzene rings is 3. The second kappa shape index (κ2) is 9.44. The SMILES string of the molecule is Fc1cc2c(cc1NCC(F)(F)F)Oc1c/c(=C/CCC(F)(F)F)c(F)cc1=C2c1ccccc1F. The molecule has 3 aromatic rings. The summed E-state index contributed by atoms with van der Waals surface area (Å²) in [4.78, 5) is 0. The number of alkyl halides is 6. The maximum Gasteiger partial charge on any atom is 0.405 e. The van der Waals surface area contributed by atoms with Crippen molar-refractivity contribution in [2.24, 2.45) is 0 Å². The largest absolute Gasteiger partial charge is 0.456 e. The van der Waals surface area contributed by atoms with Gasteiger partial charge in [0.1, 0.15) is 35.5 Å². The van der Waals surface area contributed by atoms with Gasteiger partial charge in [0.15, 0.2) is 0 Å². The van der Waals surface area contributed by atoms with E-state index in [0.717, 1.165) is 36.4 Å². The Bertz CT molecular complexity index is 1430. The smallest absolute Gasteiger partial charge is 0.405 e. The summed E-state index contributed by atoms with van der Waals surface area (Å²) >= 11 is 0. The summed E-state index contributed by atoms with van der Waals surface area (Å²) in [6.07, 6.45) is -9.78. The molecule has 0 unspecified atom stereocenters. The molecule has 0 spiro atoms. The fourth-order valence-electron chi connectivity index (χ4n) is 3.78. The van der Waals surface area contributed by atoms with E-state index in [1.54, 1.807) is 0 Å². The van der Waals surface area contributed by atoms with Gasteiger partial charge < -0.3 is 10.1 Å². The molecule has 0 aromatic heterocycles. The molecule has 4 rings (SSSR count). The zero-order chi connectivity index (χ0) is 26.3. The van der Waals surface area contributed by atoms with Crippen LogP contribution < -0.4 is 20.5 Å². The lowest BCUT2D eigenvalue weighted by molar-refractivity contribution is -0.133. The van der Waals surface area contributed by atoms with E-state index in [4.69, 9.17) is 4.74 Å². The Morgan fingerprint density at radius 3 is 2.14 bits per heavy atom. The maximum absolute atomic E-state index is 14.9. The first-order chi connectivity index (χ1) is 16.8. The van der Waals surface area contributed by atoms with Gasteiger partial charge in [-0.15, -0.1) is 0 Å². The zero-order valence-electron chi connectivity index (χ0n) is 18.1. The first-order valence-electron chi connectivity index (χ1n) is 10.5. The van der Waals surface area contributed by atoms with Gasteiger partial charge in [0.25, 0.3) is 0 Å². The molecule has 0 atom stereocenters. The lowest BCUT2D eigenvalue weighted by Gasteiger charge is -2.23. The third-order valence-electron chi connectivity index (χ3n) is 5.34. The highest BCUT2D eigenvalue weighted by molar-refractivity contribution is 5.86. The maximum atomic E-state index is 14.9. The average molecular weight is 517 g/mol. The number of halogens is 9. The summed E-state index contributed by atoms with van der Waals surface area (Å²) in [5, 5.41) is 1.70. The predicted octanol–water partition coefficient (Wildman–Crippen LogP) is 6.55. The van der Waals surface area contributed by atoms with E-state index in [1.807, 2.05) is 5.32 Å². The van der Waals surface area contributed by atoms with Crippen LogP contribution in [0.25, 0.3) is 11.6 Å². The lowest BCUT2D eigenvalue weighted by atomic mass is 9.91. The van der Waals surface area contributed by atoms with Crippen molar-refractivity contribution in [3.05, 3.63) is 87.5 Å². The molecule has 0 radical (unpaired) electrons. The third kappa shape index (κ3) is 5.60. The monoisotopic (exact) mass is 517 g/mol. The molecule has 190 valence electrons. The van der Waals surface area contributed by atoms with Gasteiger partial charge in [-0.05, 0) is 30.7 Å². The zero-order valence-corrected chi connectivity index (χ0v) is 18.1. The average Bonchev–Trinajstić information content (AvgIpc) is 2.76. The second-order valence-corrected chi connectivity index (χ2v) is 7.98. The Labute approximate surface area is 198 Å². The standard InChI is InChI=1S/C25H16F9NO/c26-17-6-2-1-5-14(17)23-15-9-18(27)13(4-3-7-24(29,30)31)8-21(15)36-22-11-20(19(28)10-16(22)23)35-12-25(32,33)34/h1-2,4-6,8-11,35H,3,7,12H2/b13-4-. The van der Waals surface area contributed by atoms with E-state index in [2.05, 4.69) is 0 Å². The van der Waals surface area contributed by atoms with Gasteiger partial charge in [-0.1, -0.05) is 24.3 Å². The molecule has 2 nitrogen and oxygen atoms in total. The number of hydrogen-bond donors (Lipinski definition) is 1. The number of hydrogen-bond acceptors (Lipinski definition) is 2. The highest BCUT2D eigenvalue weighted by atomic mass is 19.4. The van der Waals surface area contributed by atoms with Crippen LogP contribution in [0.1, 0.15) is 24.0 Å². The quantitative estimate of drug-likeness (QED) is 0.303. The van der Waals surface area contributed by atoms with Crippen molar-refractivity contribution in [2.45, 2.75) is 25.2 Å². The summed E-state index contributed by atoms with van der Waals surface area (Å²) in [7, 11) is 0. The van der Waals surface area contributed by atoms with E-state index in [1.165, 1.54) is 18.2 Å². The highest BCUT2D eigenvalue weighted by Gasteiger charge is 2.29. The van der Waals surface area contributed by atoms with Gasteiger partial charge in [0, 0.05) is 39.6 Å². The summed E-state index contributed by atoms with van der Waals surface area (Å²) in [6.45, 7) is -1.54. The van der Waals surface area contributed by atoms with Crippen LogP contribution >= 0.6 is 0 Å². The minimum Gasteiger partial charge on any atom is -0.456 e. The van der Waals surface area contributed by atoms with Gasteiger partial charge >= 0.3 is 12.4 Å². The van der Waals surface area contributed by atoms with Crippen LogP contribution in [0.3, 0.4) is 0 Å². The summed E-state index contributed by atoms with van der Waals surface area (Å²) < 4.78 is 125. The lowest BCUT2D eigenvalue weighted by Crippen LogP contribution is -2.24. The summed E-state index contributed by atoms with van der Waals surface area (Å²) in [6, 6.07) is 9.18. The molecule has 0 amide bonds. The fraction of sp³-hybridized carbons (Fsp3) is 0.200. The molecule has 0 fully saturated rings. The Kier molecular flexibility index (Phi) is 6.68. The number of ether oxygens (including phenoxy) is 1. The Morgan fingerprint density at radius 1 is 0.750 bits per heavy atom. The molecule has 0 saturated heterocycles. The number of nitrogens with one attached hydrogen (secondary N) is 1. The molecule has 1 heterocycles. The van der Waals surface area contributed by atoms with Gasteiger partial charge in [0.2, 0.25) is 0 Å². The van der Waals surface area contributed by atoms with Crippen LogP contribution in [0.4, 0.5) is 45.2 Å². The van der Waals surface area contributed by atoms with E-state index >= 15 is 0 Å². The first kappa shape index (κ1) is 25.5. The summed E-state index contributed by atoms with van der Waals surface area (Å²) in [5.74, 6) is -2.99. The van der Waals surface area contributed by atoms with Gasteiger partial charge in [-0.2, -0.15) is 26.3 Å². The number of anilines is 1. The van der Waals surface area contributed by atoms with Crippen molar-refractivity contribution in [3.8, 4) is 11.5 Å². The Balaban J connectivity index is 1.91. The Morgan fingerprint density at radius 2 is 1.47 bits per heavy atom.